The zero-order valence-electron chi connectivity index (χ0n) is 21.6. The zero-order valence-corrected chi connectivity index (χ0v) is 22.4. The zero-order chi connectivity index (χ0) is 27.7. The number of aryl methyl sites for hydroxylation is 1. The van der Waals surface area contributed by atoms with Crippen LogP contribution in [-0.2, 0) is 9.53 Å². The van der Waals surface area contributed by atoms with E-state index in [1.807, 2.05) is 24.8 Å². The third-order valence-electron chi connectivity index (χ3n) is 6.45. The number of anilines is 1. The van der Waals surface area contributed by atoms with E-state index in [9.17, 15) is 19.5 Å². The fourth-order valence-corrected chi connectivity index (χ4v) is 5.06. The maximum atomic E-state index is 13.1. The first-order chi connectivity index (χ1) is 18.8. The number of pyridine rings is 3. The van der Waals surface area contributed by atoms with Gasteiger partial charge in [0.1, 0.15) is 11.4 Å². The van der Waals surface area contributed by atoms with E-state index >= 15 is 0 Å². The molecule has 0 aliphatic carbocycles. The molecule has 13 heteroatoms. The van der Waals surface area contributed by atoms with Crippen LogP contribution in [0.3, 0.4) is 0 Å². The average molecular weight is 550 g/mol. The molecule has 1 unspecified atom stereocenters. The van der Waals surface area contributed by atoms with Crippen molar-refractivity contribution in [3.8, 4) is 16.5 Å². The largest absolute Gasteiger partial charge is 0.477 e. The fraction of sp³-hybridized carbons (Fsp3) is 0.346. The summed E-state index contributed by atoms with van der Waals surface area (Å²) in [6.45, 7) is 7.52. The molecule has 2 N–H and O–H groups in total. The Morgan fingerprint density at radius 3 is 2.79 bits per heavy atom. The Morgan fingerprint density at radius 1 is 1.31 bits per heavy atom. The number of carboxylic acid groups (broad SMARTS) is 1. The summed E-state index contributed by atoms with van der Waals surface area (Å²) in [5.41, 5.74) is 0.542. The number of rotatable bonds is 9. The smallest absolute Gasteiger partial charge is 0.341 e. The van der Waals surface area contributed by atoms with Gasteiger partial charge in [-0.1, -0.05) is 0 Å². The van der Waals surface area contributed by atoms with Crippen molar-refractivity contribution in [3.05, 3.63) is 58.1 Å². The highest BCUT2D eigenvalue weighted by Crippen LogP contribution is 2.29. The van der Waals surface area contributed by atoms with Gasteiger partial charge in [-0.3, -0.25) is 19.1 Å². The van der Waals surface area contributed by atoms with Gasteiger partial charge in [0.05, 0.1) is 17.9 Å². The molecule has 5 heterocycles. The van der Waals surface area contributed by atoms with Crippen LogP contribution in [0, 0.1) is 12.8 Å². The van der Waals surface area contributed by atoms with Crippen LogP contribution in [-0.4, -0.2) is 73.2 Å². The topological polar surface area (TPSA) is 152 Å². The Labute approximate surface area is 227 Å². The van der Waals surface area contributed by atoms with Crippen LogP contribution in [0.1, 0.15) is 29.8 Å². The molecule has 0 spiro atoms. The molecule has 4 aromatic rings. The molecule has 1 fully saturated rings. The van der Waals surface area contributed by atoms with Gasteiger partial charge < -0.3 is 20.1 Å². The van der Waals surface area contributed by atoms with E-state index in [1.54, 1.807) is 31.5 Å². The lowest BCUT2D eigenvalue weighted by Crippen LogP contribution is -2.55. The number of aromatic nitrogens is 5. The predicted molar refractivity (Wildman–Crippen MR) is 146 cm³/mol. The van der Waals surface area contributed by atoms with Crippen molar-refractivity contribution in [1.82, 2.24) is 29.2 Å². The minimum absolute atomic E-state index is 0.0456. The second-order valence-corrected chi connectivity index (χ2v) is 10.1. The highest BCUT2D eigenvalue weighted by Gasteiger charge is 2.34. The fourth-order valence-electron chi connectivity index (χ4n) is 4.39. The van der Waals surface area contributed by atoms with Crippen molar-refractivity contribution in [3.63, 3.8) is 0 Å². The maximum absolute atomic E-state index is 13.1. The lowest BCUT2D eigenvalue weighted by molar-refractivity contribution is -0.126. The van der Waals surface area contributed by atoms with Crippen LogP contribution in [0.4, 0.5) is 5.82 Å². The van der Waals surface area contributed by atoms with Gasteiger partial charge in [0.25, 0.3) is 0 Å². The van der Waals surface area contributed by atoms with E-state index in [-0.39, 0.29) is 34.5 Å². The molecule has 5 rings (SSSR count). The van der Waals surface area contributed by atoms with Gasteiger partial charge >= 0.3 is 5.97 Å². The first kappa shape index (κ1) is 26.4. The number of amides is 1. The molecule has 0 bridgehead atoms. The number of nitrogens with zero attached hydrogens (tertiary/aromatic N) is 6. The first-order valence-corrected chi connectivity index (χ1v) is 13.2. The van der Waals surface area contributed by atoms with Crippen molar-refractivity contribution in [2.75, 3.05) is 31.2 Å². The standard InChI is InChI=1S/C26H27N7O5S/c1-4-38-13-15(3)28-24(35)17-10-32(11-17)19-8-14(2)20-21(34)18(25(36)37)12-33(23(20)29-19)26-30-22(31-39-26)16-6-5-7-27-9-16/h5-9,12,15,17H,4,10-11,13H2,1-3H3,(H,28,35)(H,36,37). The van der Waals surface area contributed by atoms with Crippen molar-refractivity contribution < 1.29 is 19.4 Å². The summed E-state index contributed by atoms with van der Waals surface area (Å²) in [5.74, 6) is -0.579. The summed E-state index contributed by atoms with van der Waals surface area (Å²) in [5, 5.41) is 13.2. The van der Waals surface area contributed by atoms with Crippen LogP contribution >= 0.6 is 11.5 Å². The van der Waals surface area contributed by atoms with Gasteiger partial charge in [-0.2, -0.15) is 9.36 Å². The maximum Gasteiger partial charge on any atom is 0.341 e. The molecular weight excluding hydrogens is 522 g/mol. The van der Waals surface area contributed by atoms with E-state index in [2.05, 4.69) is 19.7 Å². The molecule has 39 heavy (non-hydrogen) atoms. The molecule has 12 nitrogen and oxygen atoms in total. The second-order valence-electron chi connectivity index (χ2n) is 9.36. The SMILES string of the molecule is CCOCC(C)NC(=O)C1CN(c2cc(C)c3c(=O)c(C(=O)O)cn(-c4nc(-c5cccnc5)ns4)c3n2)C1. The Bertz CT molecular complexity index is 1600. The number of carboxylic acids is 1. The molecule has 1 aliphatic rings. The Kier molecular flexibility index (Phi) is 7.35. The molecular formula is C26H27N7O5S. The number of carbonyl (C=O) groups excluding carboxylic acids is 1. The number of hydrogen-bond acceptors (Lipinski definition) is 10. The number of ether oxygens (including phenoxy) is 1. The number of carbonyl (C=O) groups is 2. The molecule has 1 amide bonds. The summed E-state index contributed by atoms with van der Waals surface area (Å²) >= 11 is 1.06. The summed E-state index contributed by atoms with van der Waals surface area (Å²) in [6, 6.07) is 5.24. The van der Waals surface area contributed by atoms with Gasteiger partial charge in [0, 0.05) is 61.4 Å². The lowest BCUT2D eigenvalue weighted by Gasteiger charge is -2.39. The van der Waals surface area contributed by atoms with Crippen molar-refractivity contribution in [2.45, 2.75) is 26.8 Å². The second kappa shape index (κ2) is 10.9. The van der Waals surface area contributed by atoms with E-state index in [1.165, 1.54) is 10.8 Å². The third kappa shape index (κ3) is 5.22. The number of nitrogens with one attached hydrogen (secondary N) is 1. The van der Waals surface area contributed by atoms with Crippen molar-refractivity contribution >= 4 is 40.3 Å². The number of hydrogen-bond donors (Lipinski definition) is 2. The highest BCUT2D eigenvalue weighted by molar-refractivity contribution is 7.08. The molecule has 202 valence electrons. The van der Waals surface area contributed by atoms with Crippen LogP contribution in [0.5, 0.6) is 0 Å². The molecule has 4 aromatic heterocycles. The van der Waals surface area contributed by atoms with Gasteiger partial charge in [0.15, 0.2) is 11.5 Å². The lowest BCUT2D eigenvalue weighted by atomic mass is 9.98. The molecule has 0 saturated carbocycles. The van der Waals surface area contributed by atoms with Gasteiger partial charge in [-0.25, -0.2) is 9.78 Å². The Morgan fingerprint density at radius 2 is 2.10 bits per heavy atom. The highest BCUT2D eigenvalue weighted by atomic mass is 32.1. The molecule has 1 atom stereocenters. The number of fused-ring (bicyclic) bond motifs is 1. The van der Waals surface area contributed by atoms with Crippen LogP contribution in [0.15, 0.2) is 41.6 Å². The van der Waals surface area contributed by atoms with Crippen LogP contribution in [0.2, 0.25) is 0 Å². The third-order valence-corrected chi connectivity index (χ3v) is 7.17. The average Bonchev–Trinajstić information content (AvgIpc) is 3.37. The van der Waals surface area contributed by atoms with Crippen LogP contribution < -0.4 is 15.6 Å². The minimum Gasteiger partial charge on any atom is -0.477 e. The van der Waals surface area contributed by atoms with Crippen LogP contribution in [0.25, 0.3) is 27.6 Å². The number of aromatic carboxylic acids is 1. The molecule has 1 aliphatic heterocycles. The van der Waals surface area contributed by atoms with Gasteiger partial charge in [-0.05, 0) is 44.5 Å². The Hall–Kier alpha value is -4.23. The monoisotopic (exact) mass is 549 g/mol. The normalized spacial score (nSPS) is 14.3. The van der Waals surface area contributed by atoms with Crippen molar-refractivity contribution in [2.24, 2.45) is 5.92 Å². The van der Waals surface area contributed by atoms with Gasteiger partial charge in [-0.15, -0.1) is 0 Å². The molecule has 1 saturated heterocycles. The summed E-state index contributed by atoms with van der Waals surface area (Å²) in [4.78, 5) is 53.0. The summed E-state index contributed by atoms with van der Waals surface area (Å²) < 4.78 is 11.3. The minimum atomic E-state index is -1.34. The van der Waals surface area contributed by atoms with E-state index in [0.29, 0.717) is 54.2 Å². The van der Waals surface area contributed by atoms with Gasteiger partial charge in [0.2, 0.25) is 16.5 Å². The summed E-state index contributed by atoms with van der Waals surface area (Å²) in [7, 11) is 0. The van der Waals surface area contributed by atoms with E-state index < -0.39 is 11.4 Å². The van der Waals surface area contributed by atoms with E-state index in [0.717, 1.165) is 11.5 Å². The van der Waals surface area contributed by atoms with E-state index in [4.69, 9.17) is 9.72 Å². The van der Waals surface area contributed by atoms with Crippen molar-refractivity contribution in [1.29, 1.82) is 0 Å². The molecule has 0 aromatic carbocycles. The first-order valence-electron chi connectivity index (χ1n) is 12.4. The quantitative estimate of drug-likeness (QED) is 0.318. The summed E-state index contributed by atoms with van der Waals surface area (Å²) in [6.07, 6.45) is 4.51. The molecule has 0 radical (unpaired) electrons. The Balaban J connectivity index is 1.49. The predicted octanol–water partition coefficient (Wildman–Crippen LogP) is 2.28.